The van der Waals surface area contributed by atoms with Crippen LogP contribution in [0.2, 0.25) is 0 Å². The molecule has 1 fully saturated rings. The molecule has 0 bridgehead atoms. The Bertz CT molecular complexity index is 848. The standard InChI is InChI=1S/C17H14N2O4/c1-10-5-3-4-6-14(10)19-16(21)13(15(20)18-17(19)22)9-12-8-7-11(2)23-12/h3-9H,1-2H3,(H,18,20,22)/b13-9+. The molecule has 1 saturated heterocycles. The molecule has 0 unspecified atom stereocenters. The van der Waals surface area contributed by atoms with Crippen molar-refractivity contribution < 1.29 is 18.8 Å². The van der Waals surface area contributed by atoms with Gasteiger partial charge < -0.3 is 4.42 Å². The first kappa shape index (κ1) is 14.8. The Morgan fingerprint density at radius 1 is 1.04 bits per heavy atom. The van der Waals surface area contributed by atoms with E-state index in [0.717, 1.165) is 10.5 Å². The molecule has 2 aromatic rings. The molecule has 1 aliphatic rings. The molecule has 1 N–H and O–H groups in total. The van der Waals surface area contributed by atoms with Crippen LogP contribution in [0.15, 0.2) is 46.4 Å². The van der Waals surface area contributed by atoms with Crippen molar-refractivity contribution in [1.82, 2.24) is 5.32 Å². The lowest BCUT2D eigenvalue weighted by Crippen LogP contribution is -2.54. The number of nitrogens with one attached hydrogen (secondary N) is 1. The molecule has 6 heteroatoms. The quantitative estimate of drug-likeness (QED) is 0.683. The number of urea groups is 1. The summed E-state index contributed by atoms with van der Waals surface area (Å²) in [5, 5.41) is 2.18. The van der Waals surface area contributed by atoms with E-state index in [2.05, 4.69) is 5.32 Å². The van der Waals surface area contributed by atoms with Crippen molar-refractivity contribution in [3.63, 3.8) is 0 Å². The highest BCUT2D eigenvalue weighted by molar-refractivity contribution is 6.39. The van der Waals surface area contributed by atoms with Gasteiger partial charge in [-0.15, -0.1) is 0 Å². The third-order valence-electron chi connectivity index (χ3n) is 3.51. The fourth-order valence-electron chi connectivity index (χ4n) is 2.36. The lowest BCUT2D eigenvalue weighted by atomic mass is 10.1. The lowest BCUT2D eigenvalue weighted by Gasteiger charge is -2.27. The molecule has 1 aliphatic heterocycles. The summed E-state index contributed by atoms with van der Waals surface area (Å²) in [5.74, 6) is -0.381. The Morgan fingerprint density at radius 2 is 1.78 bits per heavy atom. The zero-order valence-electron chi connectivity index (χ0n) is 12.6. The molecule has 116 valence electrons. The van der Waals surface area contributed by atoms with Crippen LogP contribution in [-0.4, -0.2) is 17.8 Å². The molecule has 4 amide bonds. The average molecular weight is 310 g/mol. The summed E-state index contributed by atoms with van der Waals surface area (Å²) in [5.41, 5.74) is 1.03. The second kappa shape index (κ2) is 5.57. The Labute approximate surface area is 132 Å². The van der Waals surface area contributed by atoms with Crippen molar-refractivity contribution in [2.45, 2.75) is 13.8 Å². The fourth-order valence-corrected chi connectivity index (χ4v) is 2.36. The fraction of sp³-hybridized carbons (Fsp3) is 0.118. The molecule has 0 atom stereocenters. The lowest BCUT2D eigenvalue weighted by molar-refractivity contribution is -0.122. The molecule has 1 aromatic heterocycles. The Kier molecular flexibility index (Phi) is 3.57. The summed E-state index contributed by atoms with van der Waals surface area (Å²) >= 11 is 0. The number of aryl methyl sites for hydroxylation is 2. The van der Waals surface area contributed by atoms with E-state index in [1.165, 1.54) is 6.08 Å². The van der Waals surface area contributed by atoms with Crippen molar-refractivity contribution in [1.29, 1.82) is 0 Å². The van der Waals surface area contributed by atoms with Crippen LogP contribution >= 0.6 is 0 Å². The minimum Gasteiger partial charge on any atom is -0.462 e. The number of para-hydroxylation sites is 1. The van der Waals surface area contributed by atoms with Crippen molar-refractivity contribution in [3.8, 4) is 0 Å². The SMILES string of the molecule is Cc1ccc(/C=C2\C(=O)NC(=O)N(c3ccccc3C)C2=O)o1. The number of anilines is 1. The van der Waals surface area contributed by atoms with Crippen LogP contribution in [0.3, 0.4) is 0 Å². The van der Waals surface area contributed by atoms with Gasteiger partial charge in [0.1, 0.15) is 17.1 Å². The topological polar surface area (TPSA) is 79.6 Å². The molecule has 6 nitrogen and oxygen atoms in total. The molecule has 0 radical (unpaired) electrons. The molecule has 2 heterocycles. The maximum absolute atomic E-state index is 12.6. The molecular formula is C17H14N2O4. The first-order valence-corrected chi connectivity index (χ1v) is 7.01. The number of hydrogen-bond donors (Lipinski definition) is 1. The predicted molar refractivity (Wildman–Crippen MR) is 83.6 cm³/mol. The van der Waals surface area contributed by atoms with Gasteiger partial charge in [0.25, 0.3) is 11.8 Å². The number of benzene rings is 1. The molecule has 1 aromatic carbocycles. The maximum atomic E-state index is 12.6. The Morgan fingerprint density at radius 3 is 2.43 bits per heavy atom. The number of amides is 4. The van der Waals surface area contributed by atoms with E-state index in [0.29, 0.717) is 17.2 Å². The average Bonchev–Trinajstić information content (AvgIpc) is 2.91. The largest absolute Gasteiger partial charge is 0.462 e. The third-order valence-corrected chi connectivity index (χ3v) is 3.51. The summed E-state index contributed by atoms with van der Waals surface area (Å²) in [4.78, 5) is 37.7. The van der Waals surface area contributed by atoms with E-state index >= 15 is 0 Å². The van der Waals surface area contributed by atoms with E-state index in [4.69, 9.17) is 4.42 Å². The van der Waals surface area contributed by atoms with Crippen LogP contribution in [0.25, 0.3) is 6.08 Å². The van der Waals surface area contributed by atoms with Crippen LogP contribution < -0.4 is 10.2 Å². The molecule has 23 heavy (non-hydrogen) atoms. The van der Waals surface area contributed by atoms with Crippen LogP contribution in [0.5, 0.6) is 0 Å². The maximum Gasteiger partial charge on any atom is 0.335 e. The number of carbonyl (C=O) groups excluding carboxylic acids is 3. The number of carbonyl (C=O) groups is 3. The first-order valence-electron chi connectivity index (χ1n) is 7.01. The van der Waals surface area contributed by atoms with Gasteiger partial charge in [-0.25, -0.2) is 9.69 Å². The van der Waals surface area contributed by atoms with E-state index in [1.807, 2.05) is 0 Å². The number of nitrogens with zero attached hydrogens (tertiary/aromatic N) is 1. The van der Waals surface area contributed by atoms with Crippen LogP contribution in [0, 0.1) is 13.8 Å². The first-order chi connectivity index (χ1) is 11.0. The highest BCUT2D eigenvalue weighted by atomic mass is 16.3. The van der Waals surface area contributed by atoms with E-state index in [1.54, 1.807) is 50.2 Å². The number of barbiturate groups is 1. The molecule has 0 saturated carbocycles. The smallest absolute Gasteiger partial charge is 0.335 e. The minimum atomic E-state index is -0.762. The molecular weight excluding hydrogens is 296 g/mol. The van der Waals surface area contributed by atoms with E-state index in [9.17, 15) is 14.4 Å². The molecule has 0 aliphatic carbocycles. The van der Waals surface area contributed by atoms with Crippen LogP contribution in [0.4, 0.5) is 10.5 Å². The van der Waals surface area contributed by atoms with Gasteiger partial charge in [0.15, 0.2) is 0 Å². The summed E-state index contributed by atoms with van der Waals surface area (Å²) in [6.07, 6.45) is 1.34. The second-order valence-electron chi connectivity index (χ2n) is 5.19. The number of imide groups is 2. The minimum absolute atomic E-state index is 0.151. The Balaban J connectivity index is 2.04. The zero-order chi connectivity index (χ0) is 16.6. The number of rotatable bonds is 2. The summed E-state index contributed by atoms with van der Waals surface area (Å²) in [6, 6.07) is 9.57. The third kappa shape index (κ3) is 2.66. The van der Waals surface area contributed by atoms with Crippen molar-refractivity contribution in [3.05, 3.63) is 59.1 Å². The summed E-state index contributed by atoms with van der Waals surface area (Å²) < 4.78 is 5.36. The van der Waals surface area contributed by atoms with Crippen molar-refractivity contribution >= 4 is 29.6 Å². The Hall–Kier alpha value is -3.15. The highest BCUT2D eigenvalue weighted by Gasteiger charge is 2.37. The van der Waals surface area contributed by atoms with Crippen LogP contribution in [0.1, 0.15) is 17.1 Å². The van der Waals surface area contributed by atoms with Crippen molar-refractivity contribution in [2.75, 3.05) is 4.90 Å². The predicted octanol–water partition coefficient (Wildman–Crippen LogP) is 2.56. The molecule has 0 spiro atoms. The number of furan rings is 1. The second-order valence-corrected chi connectivity index (χ2v) is 5.19. The monoisotopic (exact) mass is 310 g/mol. The van der Waals surface area contributed by atoms with Crippen molar-refractivity contribution in [2.24, 2.45) is 0 Å². The van der Waals surface area contributed by atoms with E-state index in [-0.39, 0.29) is 5.57 Å². The van der Waals surface area contributed by atoms with Gasteiger partial charge in [-0.1, -0.05) is 18.2 Å². The summed E-state index contributed by atoms with van der Waals surface area (Å²) in [7, 11) is 0. The van der Waals surface area contributed by atoms with Gasteiger partial charge in [0, 0.05) is 0 Å². The van der Waals surface area contributed by atoms with Gasteiger partial charge in [-0.2, -0.15) is 0 Å². The van der Waals surface area contributed by atoms with Gasteiger partial charge in [0.05, 0.1) is 5.69 Å². The zero-order valence-corrected chi connectivity index (χ0v) is 12.6. The van der Waals surface area contributed by atoms with Gasteiger partial charge >= 0.3 is 6.03 Å². The van der Waals surface area contributed by atoms with Gasteiger partial charge in [0.2, 0.25) is 0 Å². The van der Waals surface area contributed by atoms with E-state index < -0.39 is 17.8 Å². The van der Waals surface area contributed by atoms with Crippen LogP contribution in [-0.2, 0) is 9.59 Å². The normalized spacial score (nSPS) is 16.9. The van der Waals surface area contributed by atoms with Gasteiger partial charge in [-0.3, -0.25) is 14.9 Å². The van der Waals surface area contributed by atoms with Gasteiger partial charge in [-0.05, 0) is 43.7 Å². The number of hydrogen-bond acceptors (Lipinski definition) is 4. The highest BCUT2D eigenvalue weighted by Crippen LogP contribution is 2.25. The molecule has 3 rings (SSSR count). The summed E-state index contributed by atoms with van der Waals surface area (Å²) in [6.45, 7) is 3.54.